The Balaban J connectivity index is 2.32. The number of amides is 2. The van der Waals surface area contributed by atoms with Gasteiger partial charge in [0.2, 0.25) is 0 Å². The van der Waals surface area contributed by atoms with Gasteiger partial charge in [-0.05, 0) is 49.4 Å². The molecule has 2 amide bonds. The van der Waals surface area contributed by atoms with Crippen molar-refractivity contribution in [1.82, 2.24) is 10.2 Å². The van der Waals surface area contributed by atoms with Crippen LogP contribution in [0.4, 0.5) is 4.79 Å². The number of likely N-dealkylation sites (tertiary alicyclic amines) is 1. The maximum absolute atomic E-state index is 12.2. The predicted octanol–water partition coefficient (Wildman–Crippen LogP) is 3.11. The summed E-state index contributed by atoms with van der Waals surface area (Å²) in [5.41, 5.74) is 0. The molecule has 0 aromatic carbocycles. The molecule has 1 aliphatic heterocycles. The highest BCUT2D eigenvalue weighted by molar-refractivity contribution is 5.74. The van der Waals surface area contributed by atoms with E-state index in [1.165, 1.54) is 0 Å². The van der Waals surface area contributed by atoms with Crippen LogP contribution < -0.4 is 5.32 Å². The van der Waals surface area contributed by atoms with E-state index in [1.807, 2.05) is 4.90 Å². The highest BCUT2D eigenvalue weighted by Crippen LogP contribution is 2.24. The number of aliphatic hydroxyl groups excluding tert-OH is 1. The van der Waals surface area contributed by atoms with Crippen LogP contribution in [0, 0.1) is 23.7 Å². The molecule has 0 radical (unpaired) electrons. The molecule has 1 rings (SSSR count). The van der Waals surface area contributed by atoms with E-state index in [9.17, 15) is 4.79 Å². The second kappa shape index (κ2) is 9.29. The monoisotopic (exact) mass is 298 g/mol. The molecular formula is C17H34N2O2. The standard InChI is InChI=1S/C17H34N2O2/c1-13(2)11-15(7-10-20)12-18-17(21)19-8-5-16(6-9-19)14(3)4/h13-16,20H,5-12H2,1-4H3,(H,18,21). The summed E-state index contributed by atoms with van der Waals surface area (Å²) in [6.45, 7) is 11.5. The third-order valence-corrected chi connectivity index (χ3v) is 4.65. The fourth-order valence-electron chi connectivity index (χ4n) is 3.27. The van der Waals surface area contributed by atoms with Crippen LogP contribution in [-0.4, -0.2) is 42.3 Å². The van der Waals surface area contributed by atoms with Crippen LogP contribution in [0.1, 0.15) is 53.4 Å². The van der Waals surface area contributed by atoms with Crippen molar-refractivity contribution >= 4 is 6.03 Å². The quantitative estimate of drug-likeness (QED) is 0.759. The van der Waals surface area contributed by atoms with Crippen LogP contribution in [0.25, 0.3) is 0 Å². The van der Waals surface area contributed by atoms with Crippen LogP contribution in [0.3, 0.4) is 0 Å². The number of hydrogen-bond acceptors (Lipinski definition) is 2. The van der Waals surface area contributed by atoms with Gasteiger partial charge in [-0.3, -0.25) is 0 Å². The highest BCUT2D eigenvalue weighted by atomic mass is 16.3. The maximum Gasteiger partial charge on any atom is 0.317 e. The second-order valence-electron chi connectivity index (χ2n) is 7.26. The van der Waals surface area contributed by atoms with Gasteiger partial charge in [0.15, 0.2) is 0 Å². The third kappa shape index (κ3) is 6.68. The molecule has 1 aliphatic rings. The summed E-state index contributed by atoms with van der Waals surface area (Å²) in [5.74, 6) is 2.46. The fourth-order valence-corrected chi connectivity index (χ4v) is 3.27. The Labute approximate surface area is 130 Å². The zero-order chi connectivity index (χ0) is 15.8. The molecular weight excluding hydrogens is 264 g/mol. The first-order valence-corrected chi connectivity index (χ1v) is 8.57. The first-order valence-electron chi connectivity index (χ1n) is 8.57. The molecule has 21 heavy (non-hydrogen) atoms. The lowest BCUT2D eigenvalue weighted by molar-refractivity contribution is 0.154. The van der Waals surface area contributed by atoms with Crippen molar-refractivity contribution in [2.24, 2.45) is 23.7 Å². The van der Waals surface area contributed by atoms with E-state index in [-0.39, 0.29) is 12.6 Å². The lowest BCUT2D eigenvalue weighted by Gasteiger charge is -2.34. The van der Waals surface area contributed by atoms with Gasteiger partial charge < -0.3 is 15.3 Å². The zero-order valence-corrected chi connectivity index (χ0v) is 14.3. The topological polar surface area (TPSA) is 52.6 Å². The van der Waals surface area contributed by atoms with Gasteiger partial charge in [-0.25, -0.2) is 4.79 Å². The van der Waals surface area contributed by atoms with Crippen molar-refractivity contribution in [2.45, 2.75) is 53.4 Å². The average Bonchev–Trinajstić information content (AvgIpc) is 2.44. The molecule has 2 N–H and O–H groups in total. The minimum absolute atomic E-state index is 0.0731. The number of hydrogen-bond donors (Lipinski definition) is 2. The Morgan fingerprint density at radius 1 is 1.24 bits per heavy atom. The fraction of sp³-hybridized carbons (Fsp3) is 0.941. The van der Waals surface area contributed by atoms with Crippen molar-refractivity contribution in [3.8, 4) is 0 Å². The molecule has 0 aliphatic carbocycles. The van der Waals surface area contributed by atoms with Crippen LogP contribution in [0.5, 0.6) is 0 Å². The lowest BCUT2D eigenvalue weighted by atomic mass is 9.87. The highest BCUT2D eigenvalue weighted by Gasteiger charge is 2.24. The maximum atomic E-state index is 12.2. The summed E-state index contributed by atoms with van der Waals surface area (Å²) < 4.78 is 0. The second-order valence-corrected chi connectivity index (χ2v) is 7.26. The van der Waals surface area contributed by atoms with Crippen molar-refractivity contribution in [3.63, 3.8) is 0 Å². The molecule has 0 aromatic rings. The van der Waals surface area contributed by atoms with Gasteiger partial charge in [0.25, 0.3) is 0 Å². The Bertz CT molecular complexity index is 297. The van der Waals surface area contributed by atoms with E-state index in [4.69, 9.17) is 5.11 Å². The molecule has 124 valence electrons. The molecule has 0 aromatic heterocycles. The molecule has 0 bridgehead atoms. The number of piperidine rings is 1. The smallest absolute Gasteiger partial charge is 0.317 e. The molecule has 1 saturated heterocycles. The summed E-state index contributed by atoms with van der Waals surface area (Å²) >= 11 is 0. The van der Waals surface area contributed by atoms with Crippen LogP contribution in [-0.2, 0) is 0 Å². The minimum Gasteiger partial charge on any atom is -0.396 e. The van der Waals surface area contributed by atoms with E-state index >= 15 is 0 Å². The lowest BCUT2D eigenvalue weighted by Crippen LogP contribution is -2.46. The van der Waals surface area contributed by atoms with E-state index in [0.29, 0.717) is 18.4 Å². The van der Waals surface area contributed by atoms with Crippen LogP contribution >= 0.6 is 0 Å². The molecule has 1 unspecified atom stereocenters. The molecule has 4 nitrogen and oxygen atoms in total. The van der Waals surface area contributed by atoms with Gasteiger partial charge in [0, 0.05) is 26.2 Å². The first-order chi connectivity index (χ1) is 9.93. The predicted molar refractivity (Wildman–Crippen MR) is 87.2 cm³/mol. The Morgan fingerprint density at radius 3 is 2.33 bits per heavy atom. The number of rotatable bonds is 7. The number of carbonyl (C=O) groups excluding carboxylic acids is 1. The molecule has 1 heterocycles. The van der Waals surface area contributed by atoms with Crippen molar-refractivity contribution in [2.75, 3.05) is 26.2 Å². The number of nitrogens with one attached hydrogen (secondary N) is 1. The van der Waals surface area contributed by atoms with Crippen LogP contribution in [0.15, 0.2) is 0 Å². The SMILES string of the molecule is CC(C)CC(CCO)CNC(=O)N1CCC(C(C)C)CC1. The summed E-state index contributed by atoms with van der Waals surface area (Å²) in [7, 11) is 0. The van der Waals surface area contributed by atoms with E-state index in [1.54, 1.807) is 0 Å². The van der Waals surface area contributed by atoms with Gasteiger partial charge in [0.1, 0.15) is 0 Å². The Hall–Kier alpha value is -0.770. The summed E-state index contributed by atoms with van der Waals surface area (Å²) in [6.07, 6.45) is 4.07. The molecule has 4 heteroatoms. The average molecular weight is 298 g/mol. The van der Waals surface area contributed by atoms with Gasteiger partial charge in [0.05, 0.1) is 0 Å². The molecule has 0 saturated carbocycles. The zero-order valence-electron chi connectivity index (χ0n) is 14.3. The van der Waals surface area contributed by atoms with E-state index in [2.05, 4.69) is 33.0 Å². The van der Waals surface area contributed by atoms with Gasteiger partial charge in [-0.1, -0.05) is 27.7 Å². The number of carbonyl (C=O) groups is 1. The summed E-state index contributed by atoms with van der Waals surface area (Å²) in [4.78, 5) is 14.2. The van der Waals surface area contributed by atoms with Gasteiger partial charge in [-0.15, -0.1) is 0 Å². The largest absolute Gasteiger partial charge is 0.396 e. The summed E-state index contributed by atoms with van der Waals surface area (Å²) in [5, 5.41) is 12.2. The van der Waals surface area contributed by atoms with Gasteiger partial charge in [-0.2, -0.15) is 0 Å². The van der Waals surface area contributed by atoms with E-state index in [0.717, 1.165) is 50.6 Å². The van der Waals surface area contributed by atoms with Crippen molar-refractivity contribution in [3.05, 3.63) is 0 Å². The Kier molecular flexibility index (Phi) is 8.09. The third-order valence-electron chi connectivity index (χ3n) is 4.65. The van der Waals surface area contributed by atoms with E-state index < -0.39 is 0 Å². The molecule has 0 spiro atoms. The number of aliphatic hydroxyl groups is 1. The van der Waals surface area contributed by atoms with Crippen molar-refractivity contribution < 1.29 is 9.90 Å². The molecule has 1 fully saturated rings. The minimum atomic E-state index is 0.0731. The van der Waals surface area contributed by atoms with Crippen LogP contribution in [0.2, 0.25) is 0 Å². The van der Waals surface area contributed by atoms with Gasteiger partial charge >= 0.3 is 6.03 Å². The molecule has 1 atom stereocenters. The van der Waals surface area contributed by atoms with Crippen molar-refractivity contribution in [1.29, 1.82) is 0 Å². The first kappa shape index (κ1) is 18.3. The number of urea groups is 1. The number of nitrogens with zero attached hydrogens (tertiary/aromatic N) is 1. The summed E-state index contributed by atoms with van der Waals surface area (Å²) in [6, 6.07) is 0.0731. The normalized spacial score (nSPS) is 18.3. The Morgan fingerprint density at radius 2 is 1.86 bits per heavy atom.